The lowest BCUT2D eigenvalue weighted by Crippen LogP contribution is -2.25. The number of benzene rings is 2. The van der Waals surface area contributed by atoms with Crippen molar-refractivity contribution in [2.45, 2.75) is 38.6 Å². The molecule has 2 aromatic carbocycles. The highest BCUT2D eigenvalue weighted by molar-refractivity contribution is 6.31. The zero-order valence-electron chi connectivity index (χ0n) is 15.3. The maximum Gasteiger partial charge on any atom is 0.251 e. The van der Waals surface area contributed by atoms with Crippen LogP contribution in [-0.2, 0) is 4.79 Å². The van der Waals surface area contributed by atoms with Gasteiger partial charge in [-0.1, -0.05) is 11.6 Å². The molecule has 0 aliphatic heterocycles. The molecule has 0 unspecified atom stereocenters. The van der Waals surface area contributed by atoms with Crippen LogP contribution < -0.4 is 15.4 Å². The number of anilines is 1. The van der Waals surface area contributed by atoms with Crippen molar-refractivity contribution < 1.29 is 14.3 Å². The van der Waals surface area contributed by atoms with Crippen molar-refractivity contribution >= 4 is 29.1 Å². The van der Waals surface area contributed by atoms with E-state index < -0.39 is 0 Å². The molecule has 0 radical (unpaired) electrons. The summed E-state index contributed by atoms with van der Waals surface area (Å²) in [6.07, 6.45) is 3.08. The number of rotatable bonds is 8. The lowest BCUT2D eigenvalue weighted by Gasteiger charge is -2.09. The summed E-state index contributed by atoms with van der Waals surface area (Å²) in [5, 5.41) is 6.48. The van der Waals surface area contributed by atoms with Gasteiger partial charge in [-0.25, -0.2) is 0 Å². The van der Waals surface area contributed by atoms with E-state index in [1.165, 1.54) is 0 Å². The second-order valence-corrected chi connectivity index (χ2v) is 7.14. The van der Waals surface area contributed by atoms with Crippen molar-refractivity contribution in [3.8, 4) is 5.75 Å². The summed E-state index contributed by atoms with van der Waals surface area (Å²) in [5.74, 6) is 0.600. The summed E-state index contributed by atoms with van der Waals surface area (Å²) < 4.78 is 5.64. The fraction of sp³-hybridized carbons (Fsp3) is 0.333. The van der Waals surface area contributed by atoms with E-state index >= 15 is 0 Å². The molecule has 5 nitrogen and oxygen atoms in total. The van der Waals surface area contributed by atoms with Crippen LogP contribution in [0.2, 0.25) is 5.02 Å². The van der Waals surface area contributed by atoms with Crippen molar-refractivity contribution in [1.82, 2.24) is 5.32 Å². The number of hydrogen-bond donors (Lipinski definition) is 2. The first kappa shape index (κ1) is 19.2. The minimum Gasteiger partial charge on any atom is -0.494 e. The SMILES string of the molecule is Cc1cc(OCCCC(=O)Nc2ccc(C(=O)NC3CC3)cc2)ccc1Cl. The lowest BCUT2D eigenvalue weighted by molar-refractivity contribution is -0.116. The zero-order valence-corrected chi connectivity index (χ0v) is 16.0. The normalized spacial score (nSPS) is 13.1. The molecule has 0 heterocycles. The van der Waals surface area contributed by atoms with Crippen molar-refractivity contribution in [3.05, 3.63) is 58.6 Å². The van der Waals surface area contributed by atoms with E-state index in [0.29, 0.717) is 41.8 Å². The molecule has 2 N–H and O–H groups in total. The Hall–Kier alpha value is -2.53. The molecule has 0 aromatic heterocycles. The highest BCUT2D eigenvalue weighted by atomic mass is 35.5. The van der Waals surface area contributed by atoms with Crippen LogP contribution in [0.3, 0.4) is 0 Å². The average Bonchev–Trinajstić information content (AvgIpc) is 3.46. The van der Waals surface area contributed by atoms with E-state index in [0.717, 1.165) is 24.2 Å². The molecule has 1 fully saturated rings. The number of amides is 2. The Morgan fingerprint density at radius 1 is 1.15 bits per heavy atom. The molecule has 2 amide bonds. The first-order valence-corrected chi connectivity index (χ1v) is 9.49. The third kappa shape index (κ3) is 6.00. The number of hydrogen-bond acceptors (Lipinski definition) is 3. The number of aryl methyl sites for hydroxylation is 1. The van der Waals surface area contributed by atoms with Gasteiger partial charge in [0.25, 0.3) is 5.91 Å². The van der Waals surface area contributed by atoms with Crippen molar-refractivity contribution in [3.63, 3.8) is 0 Å². The van der Waals surface area contributed by atoms with Crippen molar-refractivity contribution in [2.24, 2.45) is 0 Å². The fourth-order valence-corrected chi connectivity index (χ4v) is 2.67. The first-order chi connectivity index (χ1) is 13.0. The molecule has 6 heteroatoms. The van der Waals surface area contributed by atoms with Gasteiger partial charge in [-0.2, -0.15) is 0 Å². The van der Waals surface area contributed by atoms with E-state index in [4.69, 9.17) is 16.3 Å². The van der Waals surface area contributed by atoms with E-state index in [2.05, 4.69) is 10.6 Å². The highest BCUT2D eigenvalue weighted by Crippen LogP contribution is 2.21. The van der Waals surface area contributed by atoms with E-state index in [1.807, 2.05) is 19.1 Å². The van der Waals surface area contributed by atoms with Crippen molar-refractivity contribution in [2.75, 3.05) is 11.9 Å². The Labute approximate surface area is 164 Å². The van der Waals surface area contributed by atoms with Gasteiger partial charge in [-0.15, -0.1) is 0 Å². The third-order valence-electron chi connectivity index (χ3n) is 4.29. The molecule has 27 heavy (non-hydrogen) atoms. The van der Waals surface area contributed by atoms with Crippen LogP contribution >= 0.6 is 11.6 Å². The fourth-order valence-electron chi connectivity index (χ4n) is 2.55. The van der Waals surface area contributed by atoms with Gasteiger partial charge in [0.05, 0.1) is 6.61 Å². The topological polar surface area (TPSA) is 67.4 Å². The molecule has 0 bridgehead atoms. The smallest absolute Gasteiger partial charge is 0.251 e. The monoisotopic (exact) mass is 386 g/mol. The molecule has 142 valence electrons. The maximum absolute atomic E-state index is 12.0. The Morgan fingerprint density at radius 2 is 1.89 bits per heavy atom. The van der Waals surface area contributed by atoms with Gasteiger partial charge in [0, 0.05) is 28.7 Å². The summed E-state index contributed by atoms with van der Waals surface area (Å²) >= 11 is 5.98. The van der Waals surface area contributed by atoms with Gasteiger partial charge in [-0.3, -0.25) is 9.59 Å². The van der Waals surface area contributed by atoms with Crippen LogP contribution in [0, 0.1) is 6.92 Å². The summed E-state index contributed by atoms with van der Waals surface area (Å²) in [5.41, 5.74) is 2.24. The predicted molar refractivity (Wildman–Crippen MR) is 106 cm³/mol. The van der Waals surface area contributed by atoms with Gasteiger partial charge >= 0.3 is 0 Å². The molecule has 0 atom stereocenters. The first-order valence-electron chi connectivity index (χ1n) is 9.11. The minimum absolute atomic E-state index is 0.0649. The van der Waals surface area contributed by atoms with E-state index in [9.17, 15) is 9.59 Å². The number of halogens is 1. The molecule has 0 spiro atoms. The Balaban J connectivity index is 1.38. The Bertz CT molecular complexity index is 817. The van der Waals surface area contributed by atoms with Gasteiger partial charge in [0.15, 0.2) is 0 Å². The summed E-state index contributed by atoms with van der Waals surface area (Å²) in [4.78, 5) is 24.0. The largest absolute Gasteiger partial charge is 0.494 e. The molecule has 1 aliphatic rings. The van der Waals surface area contributed by atoms with Crippen LogP contribution in [0.15, 0.2) is 42.5 Å². The molecule has 3 rings (SSSR count). The summed E-state index contributed by atoms with van der Waals surface area (Å²) in [6.45, 7) is 2.37. The van der Waals surface area contributed by atoms with Gasteiger partial charge in [-0.05, 0) is 74.2 Å². The quantitative estimate of drug-likeness (QED) is 0.663. The van der Waals surface area contributed by atoms with Crippen LogP contribution in [-0.4, -0.2) is 24.5 Å². The predicted octanol–water partition coefficient (Wildman–Crippen LogP) is 4.34. The van der Waals surface area contributed by atoms with E-state index in [1.54, 1.807) is 30.3 Å². The van der Waals surface area contributed by atoms with Crippen LogP contribution in [0.1, 0.15) is 41.6 Å². The van der Waals surface area contributed by atoms with Gasteiger partial charge in [0.1, 0.15) is 5.75 Å². The van der Waals surface area contributed by atoms with Crippen LogP contribution in [0.4, 0.5) is 5.69 Å². The molecule has 2 aromatic rings. The Morgan fingerprint density at radius 3 is 2.56 bits per heavy atom. The Kier molecular flexibility index (Phi) is 6.35. The van der Waals surface area contributed by atoms with E-state index in [-0.39, 0.29) is 11.8 Å². The average molecular weight is 387 g/mol. The summed E-state index contributed by atoms with van der Waals surface area (Å²) in [7, 11) is 0. The minimum atomic E-state index is -0.0823. The van der Waals surface area contributed by atoms with Gasteiger partial charge in [0.2, 0.25) is 5.91 Å². The second kappa shape index (κ2) is 8.91. The highest BCUT2D eigenvalue weighted by Gasteiger charge is 2.23. The molecular weight excluding hydrogens is 364 g/mol. The zero-order chi connectivity index (χ0) is 19.2. The van der Waals surface area contributed by atoms with Crippen molar-refractivity contribution in [1.29, 1.82) is 0 Å². The second-order valence-electron chi connectivity index (χ2n) is 6.74. The molecule has 0 saturated heterocycles. The summed E-state index contributed by atoms with van der Waals surface area (Å²) in [6, 6.07) is 12.8. The third-order valence-corrected chi connectivity index (χ3v) is 4.71. The maximum atomic E-state index is 12.0. The number of ether oxygens (including phenoxy) is 1. The van der Waals surface area contributed by atoms with Crippen LogP contribution in [0.5, 0.6) is 5.75 Å². The van der Waals surface area contributed by atoms with Gasteiger partial charge < -0.3 is 15.4 Å². The van der Waals surface area contributed by atoms with Crippen LogP contribution in [0.25, 0.3) is 0 Å². The molecular formula is C21H23ClN2O3. The number of nitrogens with one attached hydrogen (secondary N) is 2. The standard InChI is InChI=1S/C21H23ClN2O3/c1-14-13-18(10-11-19(14)22)27-12-2-3-20(25)23-16-6-4-15(5-7-16)21(26)24-17-8-9-17/h4-7,10-11,13,17H,2-3,8-9,12H2,1H3,(H,23,25)(H,24,26). The lowest BCUT2D eigenvalue weighted by atomic mass is 10.2. The number of carbonyl (C=O) groups excluding carboxylic acids is 2. The number of carbonyl (C=O) groups is 2. The molecule has 1 saturated carbocycles. The molecule has 1 aliphatic carbocycles.